The van der Waals surface area contributed by atoms with Crippen LogP contribution >= 0.6 is 34.8 Å². The summed E-state index contributed by atoms with van der Waals surface area (Å²) in [5.74, 6) is 0. The van der Waals surface area contributed by atoms with Crippen molar-refractivity contribution in [1.82, 2.24) is 19.0 Å². The van der Waals surface area contributed by atoms with Crippen molar-refractivity contribution in [3.63, 3.8) is 0 Å². The molecule has 0 aliphatic carbocycles. The van der Waals surface area contributed by atoms with E-state index in [1.165, 1.54) is 9.20 Å². The molecule has 0 atom stereocenters. The van der Waals surface area contributed by atoms with Gasteiger partial charge in [0.2, 0.25) is 0 Å². The van der Waals surface area contributed by atoms with Gasteiger partial charge in [-0.3, -0.25) is 4.79 Å². The van der Waals surface area contributed by atoms with Crippen molar-refractivity contribution in [3.05, 3.63) is 115 Å². The van der Waals surface area contributed by atoms with E-state index >= 15 is 0 Å². The summed E-state index contributed by atoms with van der Waals surface area (Å²) in [6.07, 6.45) is 0. The fraction of sp³-hybridized carbons (Fsp3) is 0.0769. The number of nitriles is 1. The Bertz CT molecular complexity index is 1740. The molecular formula is C26H16Cl3N5O2. The van der Waals surface area contributed by atoms with Crippen LogP contribution in [0.15, 0.2) is 82.4 Å². The van der Waals surface area contributed by atoms with Crippen LogP contribution in [-0.2, 0) is 12.5 Å². The number of rotatable bonds is 5. The number of nitrogens with zero attached hydrogens (tertiary/aromatic N) is 5. The van der Waals surface area contributed by atoms with E-state index < -0.39 is 11.2 Å². The van der Waals surface area contributed by atoms with E-state index in [1.807, 2.05) is 0 Å². The number of fused-ring (bicyclic) bond motifs is 1. The number of benzene rings is 3. The predicted octanol–water partition coefficient (Wildman–Crippen LogP) is 5.41. The summed E-state index contributed by atoms with van der Waals surface area (Å²) in [6.45, 7) is 0.0659. The molecule has 0 radical (unpaired) electrons. The lowest BCUT2D eigenvalue weighted by atomic mass is 9.96. The third kappa shape index (κ3) is 4.20. The van der Waals surface area contributed by atoms with Gasteiger partial charge in [0.05, 0.1) is 23.7 Å². The first kappa shape index (κ1) is 23.9. The average molecular weight is 537 g/mol. The van der Waals surface area contributed by atoms with Crippen molar-refractivity contribution in [3.8, 4) is 28.3 Å². The summed E-state index contributed by atoms with van der Waals surface area (Å²) in [7, 11) is 0. The Balaban J connectivity index is 1.89. The maximum atomic E-state index is 14.1. The van der Waals surface area contributed by atoms with Crippen molar-refractivity contribution in [2.24, 2.45) is 0 Å². The minimum Gasteiger partial charge on any atom is -0.267 e. The second-order valence-corrected chi connectivity index (χ2v) is 9.08. The van der Waals surface area contributed by atoms with Crippen LogP contribution in [0.2, 0.25) is 10.0 Å². The molecule has 0 bridgehead atoms. The van der Waals surface area contributed by atoms with Crippen LogP contribution in [0.1, 0.15) is 11.1 Å². The van der Waals surface area contributed by atoms with Gasteiger partial charge in [-0.05, 0) is 53.1 Å². The number of halogens is 3. The summed E-state index contributed by atoms with van der Waals surface area (Å²) in [5, 5.41) is 14.6. The second kappa shape index (κ2) is 9.67. The Labute approximate surface area is 219 Å². The number of hydrogen-bond donors (Lipinski definition) is 0. The highest BCUT2D eigenvalue weighted by Crippen LogP contribution is 2.33. The van der Waals surface area contributed by atoms with Crippen molar-refractivity contribution in [2.45, 2.75) is 12.5 Å². The highest BCUT2D eigenvalue weighted by molar-refractivity contribution is 6.31. The molecule has 5 rings (SSSR count). The van der Waals surface area contributed by atoms with E-state index in [4.69, 9.17) is 40.1 Å². The maximum absolute atomic E-state index is 14.1. The van der Waals surface area contributed by atoms with Crippen molar-refractivity contribution in [1.29, 1.82) is 5.26 Å². The first-order valence-electron chi connectivity index (χ1n) is 10.7. The first-order valence-corrected chi connectivity index (χ1v) is 12.0. The van der Waals surface area contributed by atoms with Gasteiger partial charge < -0.3 is 0 Å². The topological polar surface area (TPSA) is 85.1 Å². The molecule has 0 saturated heterocycles. The summed E-state index contributed by atoms with van der Waals surface area (Å²) in [4.78, 5) is 27.4. The van der Waals surface area contributed by atoms with Gasteiger partial charge in [-0.25, -0.2) is 9.48 Å². The van der Waals surface area contributed by atoms with Crippen LogP contribution < -0.4 is 11.2 Å². The molecular weight excluding hydrogens is 521 g/mol. The largest absolute Gasteiger partial charge is 0.366 e. The summed E-state index contributed by atoms with van der Waals surface area (Å²) in [6, 6.07) is 22.5. The lowest BCUT2D eigenvalue weighted by Crippen LogP contribution is -2.35. The molecule has 0 spiro atoms. The molecule has 3 aromatic carbocycles. The molecule has 178 valence electrons. The second-order valence-electron chi connectivity index (χ2n) is 7.97. The zero-order chi connectivity index (χ0) is 25.4. The van der Waals surface area contributed by atoms with Gasteiger partial charge in [-0.1, -0.05) is 59.6 Å². The third-order valence-electron chi connectivity index (χ3n) is 5.78. The van der Waals surface area contributed by atoms with Crippen LogP contribution in [0.4, 0.5) is 0 Å². The monoisotopic (exact) mass is 535 g/mol. The molecule has 0 N–H and O–H groups in total. The minimum absolute atomic E-state index is 0.0659. The molecule has 7 nitrogen and oxygen atoms in total. The van der Waals surface area contributed by atoms with Crippen molar-refractivity contribution >= 4 is 40.4 Å². The van der Waals surface area contributed by atoms with E-state index in [0.717, 1.165) is 10.2 Å². The van der Waals surface area contributed by atoms with Gasteiger partial charge >= 0.3 is 5.69 Å². The van der Waals surface area contributed by atoms with Crippen LogP contribution in [0.25, 0.3) is 27.9 Å². The van der Waals surface area contributed by atoms with Crippen LogP contribution in [0.5, 0.6) is 0 Å². The molecule has 10 heteroatoms. The number of aromatic nitrogens is 4. The molecule has 36 heavy (non-hydrogen) atoms. The van der Waals surface area contributed by atoms with E-state index in [-0.39, 0.29) is 18.2 Å². The smallest absolute Gasteiger partial charge is 0.267 e. The van der Waals surface area contributed by atoms with E-state index in [0.29, 0.717) is 37.9 Å². The molecule has 0 aliphatic heterocycles. The highest BCUT2D eigenvalue weighted by atomic mass is 35.5. The Morgan fingerprint density at radius 2 is 1.36 bits per heavy atom. The Morgan fingerprint density at radius 3 is 1.89 bits per heavy atom. The lowest BCUT2D eigenvalue weighted by Gasteiger charge is -2.16. The minimum atomic E-state index is -0.552. The fourth-order valence-corrected chi connectivity index (χ4v) is 4.47. The molecule has 5 aromatic rings. The first-order chi connectivity index (χ1) is 17.4. The lowest BCUT2D eigenvalue weighted by molar-refractivity contribution is 0.572. The number of hydrogen-bond acceptors (Lipinski definition) is 4. The van der Waals surface area contributed by atoms with Gasteiger partial charge in [-0.2, -0.15) is 14.5 Å². The Kier molecular flexibility index (Phi) is 6.42. The molecule has 0 aliphatic rings. The van der Waals surface area contributed by atoms with Crippen LogP contribution in [0, 0.1) is 11.3 Å². The summed E-state index contributed by atoms with van der Waals surface area (Å²) in [5.41, 5.74) is 2.60. The van der Waals surface area contributed by atoms with E-state index in [1.54, 1.807) is 72.8 Å². The summed E-state index contributed by atoms with van der Waals surface area (Å²) >= 11 is 18.3. The van der Waals surface area contributed by atoms with Gasteiger partial charge in [0.15, 0.2) is 5.65 Å². The molecule has 0 saturated carbocycles. The third-order valence-corrected chi connectivity index (χ3v) is 6.51. The molecule has 0 unspecified atom stereocenters. The quantitative estimate of drug-likeness (QED) is 0.281. The van der Waals surface area contributed by atoms with Gasteiger partial charge in [0, 0.05) is 15.6 Å². The van der Waals surface area contributed by atoms with Gasteiger partial charge in [0.25, 0.3) is 5.56 Å². The SMILES string of the molecule is N#Cc1ccc(Cn2c(=O)c(-c3ccc(Cl)cc3)c(-c3ccc(Cl)cc3)c3nn(CCl)c(=O)n32)cc1. The van der Waals surface area contributed by atoms with Crippen LogP contribution in [-0.4, -0.2) is 19.0 Å². The number of alkyl halides is 1. The zero-order valence-corrected chi connectivity index (χ0v) is 20.8. The van der Waals surface area contributed by atoms with Crippen molar-refractivity contribution < 1.29 is 0 Å². The Morgan fingerprint density at radius 1 is 0.806 bits per heavy atom. The molecule has 0 amide bonds. The summed E-state index contributed by atoms with van der Waals surface area (Å²) < 4.78 is 3.67. The zero-order valence-electron chi connectivity index (χ0n) is 18.5. The molecule has 0 fully saturated rings. The van der Waals surface area contributed by atoms with Gasteiger partial charge in [-0.15, -0.1) is 16.7 Å². The van der Waals surface area contributed by atoms with Crippen LogP contribution in [0.3, 0.4) is 0 Å². The molecule has 2 aromatic heterocycles. The fourth-order valence-electron chi connectivity index (χ4n) is 4.06. The highest BCUT2D eigenvalue weighted by Gasteiger charge is 2.24. The maximum Gasteiger partial charge on any atom is 0.366 e. The average Bonchev–Trinajstić information content (AvgIpc) is 3.23. The Hall–Kier alpha value is -3.83. The van der Waals surface area contributed by atoms with Gasteiger partial charge in [0.1, 0.15) is 6.00 Å². The normalized spacial score (nSPS) is 11.1. The van der Waals surface area contributed by atoms with E-state index in [9.17, 15) is 9.59 Å². The molecule has 2 heterocycles. The van der Waals surface area contributed by atoms with Crippen molar-refractivity contribution in [2.75, 3.05) is 0 Å². The standard InChI is InChI=1S/C26H16Cl3N5O2/c27-15-32-26(36)34-24(31-32)22(18-5-9-20(28)10-6-18)23(19-7-11-21(29)12-8-19)25(35)33(34)14-17-3-1-16(13-30)2-4-17/h1-12H,14-15H2. The predicted molar refractivity (Wildman–Crippen MR) is 141 cm³/mol. The van der Waals surface area contributed by atoms with E-state index in [2.05, 4.69) is 11.2 Å².